The first kappa shape index (κ1) is 16.9. The van der Waals surface area contributed by atoms with E-state index in [2.05, 4.69) is 0 Å². The highest BCUT2D eigenvalue weighted by molar-refractivity contribution is 6.04. The fourth-order valence-electron chi connectivity index (χ4n) is 3.33. The van der Waals surface area contributed by atoms with Gasteiger partial charge in [-0.15, -0.1) is 0 Å². The number of rotatable bonds is 4. The molecule has 0 radical (unpaired) electrons. The van der Waals surface area contributed by atoms with Crippen molar-refractivity contribution in [3.05, 3.63) is 30.3 Å². The highest BCUT2D eigenvalue weighted by atomic mass is 16.7. The predicted molar refractivity (Wildman–Crippen MR) is 89.5 cm³/mol. The Bertz CT molecular complexity index is 574. The van der Waals surface area contributed by atoms with E-state index in [1.54, 1.807) is 9.80 Å². The van der Waals surface area contributed by atoms with Crippen molar-refractivity contribution in [1.29, 1.82) is 0 Å². The highest BCUT2D eigenvalue weighted by Crippen LogP contribution is 2.31. The molecular formula is C18H24N2O4. The molecule has 0 saturated carbocycles. The van der Waals surface area contributed by atoms with Crippen LogP contribution in [0.4, 0.5) is 5.69 Å². The second-order valence-corrected chi connectivity index (χ2v) is 6.14. The minimum atomic E-state index is -0.500. The summed E-state index contributed by atoms with van der Waals surface area (Å²) < 4.78 is 11.3. The molecule has 2 heterocycles. The summed E-state index contributed by atoms with van der Waals surface area (Å²) in [6, 6.07) is 9.44. The van der Waals surface area contributed by atoms with E-state index in [0.717, 1.165) is 5.69 Å². The van der Waals surface area contributed by atoms with E-state index in [1.165, 1.54) is 0 Å². The summed E-state index contributed by atoms with van der Waals surface area (Å²) in [5.41, 5.74) is 0.822. The average Bonchev–Trinajstić information content (AvgIpc) is 3.05. The summed E-state index contributed by atoms with van der Waals surface area (Å²) in [4.78, 5) is 28.4. The van der Waals surface area contributed by atoms with Gasteiger partial charge in [-0.2, -0.15) is 0 Å². The number of benzene rings is 1. The maximum absolute atomic E-state index is 12.5. The van der Waals surface area contributed by atoms with Gasteiger partial charge in [0, 0.05) is 38.2 Å². The molecule has 1 aromatic carbocycles. The van der Waals surface area contributed by atoms with Gasteiger partial charge < -0.3 is 19.3 Å². The first-order valence-corrected chi connectivity index (χ1v) is 8.55. The van der Waals surface area contributed by atoms with Gasteiger partial charge in [-0.25, -0.2) is 0 Å². The second-order valence-electron chi connectivity index (χ2n) is 6.14. The molecular weight excluding hydrogens is 308 g/mol. The number of hydrogen-bond acceptors (Lipinski definition) is 4. The van der Waals surface area contributed by atoms with Crippen molar-refractivity contribution in [2.24, 2.45) is 0 Å². The van der Waals surface area contributed by atoms with Crippen LogP contribution < -0.4 is 4.90 Å². The van der Waals surface area contributed by atoms with Crippen molar-refractivity contribution in [3.63, 3.8) is 0 Å². The van der Waals surface area contributed by atoms with Crippen LogP contribution in [-0.2, 0) is 19.1 Å². The Morgan fingerprint density at radius 1 is 1.12 bits per heavy atom. The molecule has 0 aliphatic carbocycles. The maximum atomic E-state index is 12.5. The van der Waals surface area contributed by atoms with Crippen LogP contribution in [0, 0.1) is 0 Å². The van der Waals surface area contributed by atoms with Gasteiger partial charge >= 0.3 is 0 Å². The molecule has 6 nitrogen and oxygen atoms in total. The average molecular weight is 332 g/mol. The zero-order chi connectivity index (χ0) is 17.0. The van der Waals surface area contributed by atoms with Crippen molar-refractivity contribution in [1.82, 2.24) is 4.90 Å². The first-order chi connectivity index (χ1) is 11.6. The molecule has 2 aliphatic heterocycles. The van der Waals surface area contributed by atoms with Crippen LogP contribution in [-0.4, -0.2) is 55.3 Å². The number of para-hydroxylation sites is 1. The fraction of sp³-hybridized carbons (Fsp3) is 0.556. The number of hydrogen-bond donors (Lipinski definition) is 0. The zero-order valence-electron chi connectivity index (χ0n) is 14.1. The van der Waals surface area contributed by atoms with Gasteiger partial charge in [0.05, 0.1) is 13.2 Å². The number of anilines is 1. The molecule has 6 heteroatoms. The standard InChI is InChI=1S/C18H24N2O4/c1-2-20(15-6-4-3-5-7-15)17(22)14-16(21)19-10-8-18(9-11-19)23-12-13-24-18/h3-7H,2,8-14H2,1H3. The van der Waals surface area contributed by atoms with Crippen LogP contribution in [0.2, 0.25) is 0 Å². The fourth-order valence-corrected chi connectivity index (χ4v) is 3.33. The van der Waals surface area contributed by atoms with E-state index in [9.17, 15) is 9.59 Å². The number of likely N-dealkylation sites (tertiary alicyclic amines) is 1. The van der Waals surface area contributed by atoms with Gasteiger partial charge in [-0.1, -0.05) is 18.2 Å². The highest BCUT2D eigenvalue weighted by Gasteiger charge is 2.41. The van der Waals surface area contributed by atoms with Gasteiger partial charge in [0.2, 0.25) is 11.8 Å². The van der Waals surface area contributed by atoms with Crippen LogP contribution in [0.1, 0.15) is 26.2 Å². The van der Waals surface area contributed by atoms with Gasteiger partial charge in [0.1, 0.15) is 6.42 Å². The summed E-state index contributed by atoms with van der Waals surface area (Å²) in [7, 11) is 0. The molecule has 2 aliphatic rings. The van der Waals surface area contributed by atoms with Crippen LogP contribution in [0.5, 0.6) is 0 Å². The summed E-state index contributed by atoms with van der Waals surface area (Å²) >= 11 is 0. The van der Waals surface area contributed by atoms with E-state index in [4.69, 9.17) is 9.47 Å². The summed E-state index contributed by atoms with van der Waals surface area (Å²) in [5.74, 6) is -0.787. The number of carbonyl (C=O) groups excluding carboxylic acids is 2. The van der Waals surface area contributed by atoms with Gasteiger partial charge in [0.15, 0.2) is 5.79 Å². The lowest BCUT2D eigenvalue weighted by Gasteiger charge is -2.37. The van der Waals surface area contributed by atoms with Gasteiger partial charge in [0.25, 0.3) is 0 Å². The molecule has 0 bridgehead atoms. The number of amides is 2. The Kier molecular flexibility index (Phi) is 5.16. The predicted octanol–water partition coefficient (Wildman–Crippen LogP) is 1.80. The van der Waals surface area contributed by atoms with Crippen molar-refractivity contribution in [2.45, 2.75) is 32.0 Å². The summed E-state index contributed by atoms with van der Waals surface area (Å²) in [6.07, 6.45) is 1.24. The summed E-state index contributed by atoms with van der Waals surface area (Å²) in [5, 5.41) is 0. The summed E-state index contributed by atoms with van der Waals surface area (Å²) in [6.45, 7) is 4.84. The molecule has 1 aromatic rings. The van der Waals surface area contributed by atoms with E-state index < -0.39 is 5.79 Å². The van der Waals surface area contributed by atoms with Crippen molar-refractivity contribution in [2.75, 3.05) is 37.7 Å². The molecule has 0 unspecified atom stereocenters. The van der Waals surface area contributed by atoms with E-state index in [-0.39, 0.29) is 18.2 Å². The normalized spacial score (nSPS) is 19.5. The lowest BCUT2D eigenvalue weighted by molar-refractivity contribution is -0.187. The van der Waals surface area contributed by atoms with Crippen LogP contribution >= 0.6 is 0 Å². The van der Waals surface area contributed by atoms with E-state index in [0.29, 0.717) is 45.7 Å². The van der Waals surface area contributed by atoms with Gasteiger partial charge in [-0.3, -0.25) is 9.59 Å². The van der Waals surface area contributed by atoms with Crippen molar-refractivity contribution < 1.29 is 19.1 Å². The van der Waals surface area contributed by atoms with E-state index in [1.807, 2.05) is 37.3 Å². The Hall–Kier alpha value is -1.92. The topological polar surface area (TPSA) is 59.1 Å². The van der Waals surface area contributed by atoms with Crippen LogP contribution in [0.15, 0.2) is 30.3 Å². The Labute approximate surface area is 142 Å². The monoisotopic (exact) mass is 332 g/mol. The zero-order valence-corrected chi connectivity index (χ0v) is 14.1. The molecule has 0 atom stereocenters. The number of carbonyl (C=O) groups is 2. The second kappa shape index (κ2) is 7.32. The first-order valence-electron chi connectivity index (χ1n) is 8.55. The smallest absolute Gasteiger partial charge is 0.236 e. The Balaban J connectivity index is 1.55. The molecule has 3 rings (SSSR count). The SMILES string of the molecule is CCN(C(=O)CC(=O)N1CCC2(CC1)OCCO2)c1ccccc1. The minimum Gasteiger partial charge on any atom is -0.347 e. The molecule has 2 saturated heterocycles. The third-order valence-electron chi connectivity index (χ3n) is 4.68. The molecule has 2 fully saturated rings. The van der Waals surface area contributed by atoms with Gasteiger partial charge in [-0.05, 0) is 19.1 Å². The van der Waals surface area contributed by atoms with Crippen molar-refractivity contribution >= 4 is 17.5 Å². The minimum absolute atomic E-state index is 0.0998. The third kappa shape index (κ3) is 3.60. The largest absolute Gasteiger partial charge is 0.347 e. The van der Waals surface area contributed by atoms with E-state index >= 15 is 0 Å². The molecule has 1 spiro atoms. The molecule has 2 amide bonds. The molecule has 0 N–H and O–H groups in total. The van der Waals surface area contributed by atoms with Crippen molar-refractivity contribution in [3.8, 4) is 0 Å². The molecule has 24 heavy (non-hydrogen) atoms. The Morgan fingerprint density at radius 2 is 1.75 bits per heavy atom. The van der Waals surface area contributed by atoms with Crippen LogP contribution in [0.3, 0.4) is 0 Å². The molecule has 0 aromatic heterocycles. The Morgan fingerprint density at radius 3 is 2.33 bits per heavy atom. The maximum Gasteiger partial charge on any atom is 0.236 e. The number of piperidine rings is 1. The lowest BCUT2D eigenvalue weighted by atomic mass is 10.0. The van der Waals surface area contributed by atoms with Crippen LogP contribution in [0.25, 0.3) is 0 Å². The number of ether oxygens (including phenoxy) is 2. The molecule has 130 valence electrons. The lowest BCUT2D eigenvalue weighted by Crippen LogP contribution is -2.48. The quantitative estimate of drug-likeness (QED) is 0.789. The number of nitrogens with zero attached hydrogens (tertiary/aromatic N) is 2. The third-order valence-corrected chi connectivity index (χ3v) is 4.68.